The molecule has 0 radical (unpaired) electrons. The first-order valence-corrected chi connectivity index (χ1v) is 17.0. The van der Waals surface area contributed by atoms with Crippen molar-refractivity contribution in [3.63, 3.8) is 0 Å². The zero-order valence-corrected chi connectivity index (χ0v) is 18.8. The third kappa shape index (κ3) is 5.19. The van der Waals surface area contributed by atoms with Gasteiger partial charge in [-0.1, -0.05) is 12.8 Å². The molecule has 0 aromatic carbocycles. The molecule has 2 aliphatic carbocycles. The van der Waals surface area contributed by atoms with Gasteiger partial charge in [-0.2, -0.15) is 0 Å². The van der Waals surface area contributed by atoms with Crippen molar-refractivity contribution in [1.29, 1.82) is 0 Å². The Labute approximate surface area is 156 Å². The van der Waals surface area contributed by atoms with Crippen molar-refractivity contribution in [2.24, 2.45) is 11.8 Å². The summed E-state index contributed by atoms with van der Waals surface area (Å²) in [6.45, 7) is 9.85. The van der Waals surface area contributed by atoms with E-state index in [2.05, 4.69) is 26.2 Å². The summed E-state index contributed by atoms with van der Waals surface area (Å²) >= 11 is 0. The van der Waals surface area contributed by atoms with E-state index in [1.165, 1.54) is 63.5 Å². The van der Waals surface area contributed by atoms with E-state index in [4.69, 9.17) is 13.6 Å². The monoisotopic (exact) mass is 382 g/mol. The Morgan fingerprint density at radius 3 is 1.52 bits per heavy atom. The minimum Gasteiger partial charge on any atom is -0.455 e. The number of hydrogen-bond donors (Lipinski definition) is 0. The van der Waals surface area contributed by atoms with Gasteiger partial charge in [0.1, 0.15) is 0 Å². The molecule has 25 heavy (non-hydrogen) atoms. The molecule has 2 aliphatic heterocycles. The molecule has 0 amide bonds. The van der Waals surface area contributed by atoms with Crippen molar-refractivity contribution in [3.05, 3.63) is 0 Å². The highest BCUT2D eigenvalue weighted by Crippen LogP contribution is 2.43. The first-order chi connectivity index (χ1) is 11.8. The lowest BCUT2D eigenvalue weighted by atomic mass is 9.88. The van der Waals surface area contributed by atoms with E-state index in [0.29, 0.717) is 24.4 Å². The van der Waals surface area contributed by atoms with Crippen molar-refractivity contribution < 1.29 is 13.6 Å². The predicted octanol–water partition coefficient (Wildman–Crippen LogP) is 5.33. The molecule has 5 heteroatoms. The van der Waals surface area contributed by atoms with Gasteiger partial charge in [0.05, 0.1) is 24.4 Å². The second-order valence-corrected chi connectivity index (χ2v) is 19.3. The van der Waals surface area contributed by atoms with E-state index < -0.39 is 16.6 Å². The van der Waals surface area contributed by atoms with Crippen molar-refractivity contribution in [1.82, 2.24) is 0 Å². The molecular formula is C20H38O3Si2. The quantitative estimate of drug-likeness (QED) is 0.420. The summed E-state index contributed by atoms with van der Waals surface area (Å²) in [6, 6.07) is 2.68. The lowest BCUT2D eigenvalue weighted by molar-refractivity contribution is 0.352. The van der Waals surface area contributed by atoms with Gasteiger partial charge in [-0.3, -0.25) is 0 Å². The maximum absolute atomic E-state index is 6.90. The number of fused-ring (bicyclic) bond motifs is 2. The number of ether oxygens (including phenoxy) is 2. The second kappa shape index (κ2) is 7.04. The molecule has 4 aliphatic rings. The summed E-state index contributed by atoms with van der Waals surface area (Å²) in [5.74, 6) is 1.80. The molecule has 6 atom stereocenters. The largest absolute Gasteiger partial charge is 0.455 e. The van der Waals surface area contributed by atoms with Gasteiger partial charge in [-0.15, -0.1) is 0 Å². The molecule has 0 aromatic heterocycles. The number of rotatable bonds is 8. The van der Waals surface area contributed by atoms with Crippen LogP contribution in [-0.4, -0.2) is 41.1 Å². The van der Waals surface area contributed by atoms with E-state index in [1.54, 1.807) is 0 Å². The van der Waals surface area contributed by atoms with Crippen molar-refractivity contribution in [3.8, 4) is 0 Å². The molecule has 0 bridgehead atoms. The molecule has 2 saturated heterocycles. The predicted molar refractivity (Wildman–Crippen MR) is 107 cm³/mol. The van der Waals surface area contributed by atoms with Crippen molar-refractivity contribution >= 4 is 16.6 Å². The lowest BCUT2D eigenvalue weighted by Gasteiger charge is -2.36. The lowest BCUT2D eigenvalue weighted by Crippen LogP contribution is -2.44. The minimum atomic E-state index is -1.53. The highest BCUT2D eigenvalue weighted by atomic mass is 28.4. The Bertz CT molecular complexity index is 440. The SMILES string of the molecule is C[Si](C)(CC[C@H]1CC[C@@H]2O[C@@H]2C1)O[Si](C)(C)CC[C@@H]1CC[C@H]2O[C@@H]2C1. The van der Waals surface area contributed by atoms with Crippen LogP contribution in [0.3, 0.4) is 0 Å². The Morgan fingerprint density at radius 2 is 1.12 bits per heavy atom. The van der Waals surface area contributed by atoms with Crippen LogP contribution in [-0.2, 0) is 13.6 Å². The van der Waals surface area contributed by atoms with E-state index in [-0.39, 0.29) is 0 Å². The molecule has 0 unspecified atom stereocenters. The van der Waals surface area contributed by atoms with Gasteiger partial charge in [0.2, 0.25) is 0 Å². The second-order valence-electron chi connectivity index (χ2n) is 10.5. The summed E-state index contributed by atoms with van der Waals surface area (Å²) < 4.78 is 18.3. The molecule has 2 heterocycles. The highest BCUT2D eigenvalue weighted by molar-refractivity contribution is 6.84. The Balaban J connectivity index is 1.18. The first kappa shape index (κ1) is 18.7. The molecular weight excluding hydrogens is 344 g/mol. The van der Waals surface area contributed by atoms with Gasteiger partial charge < -0.3 is 13.6 Å². The van der Waals surface area contributed by atoms with Crippen LogP contribution in [0.2, 0.25) is 38.3 Å². The van der Waals surface area contributed by atoms with Crippen LogP contribution < -0.4 is 0 Å². The maximum Gasteiger partial charge on any atom is 0.173 e. The van der Waals surface area contributed by atoms with Gasteiger partial charge in [0, 0.05) is 0 Å². The molecule has 0 spiro atoms. The third-order valence-corrected chi connectivity index (χ3v) is 14.5. The normalized spacial score (nSPS) is 40.3. The molecule has 2 saturated carbocycles. The van der Waals surface area contributed by atoms with Crippen LogP contribution in [0.5, 0.6) is 0 Å². The first-order valence-electron chi connectivity index (χ1n) is 10.8. The Hall–Kier alpha value is 0.314. The van der Waals surface area contributed by atoms with Crippen LogP contribution in [0, 0.1) is 11.8 Å². The highest BCUT2D eigenvalue weighted by Gasteiger charge is 2.45. The fourth-order valence-electron chi connectivity index (χ4n) is 5.45. The summed E-state index contributed by atoms with van der Waals surface area (Å²) in [5.41, 5.74) is 0. The summed E-state index contributed by atoms with van der Waals surface area (Å²) in [5, 5.41) is 0. The molecule has 4 fully saturated rings. The zero-order valence-electron chi connectivity index (χ0n) is 16.8. The fraction of sp³-hybridized carbons (Fsp3) is 1.00. The number of epoxide rings is 2. The third-order valence-electron chi connectivity index (χ3n) is 7.09. The van der Waals surface area contributed by atoms with E-state index in [0.717, 1.165) is 11.8 Å². The molecule has 0 aromatic rings. The smallest absolute Gasteiger partial charge is 0.173 e. The average molecular weight is 383 g/mol. The van der Waals surface area contributed by atoms with Crippen LogP contribution in [0.25, 0.3) is 0 Å². The average Bonchev–Trinajstić information content (AvgIpc) is 3.42. The van der Waals surface area contributed by atoms with E-state index >= 15 is 0 Å². The van der Waals surface area contributed by atoms with Crippen LogP contribution in [0.1, 0.15) is 51.4 Å². The van der Waals surface area contributed by atoms with E-state index in [1.807, 2.05) is 0 Å². The molecule has 3 nitrogen and oxygen atoms in total. The van der Waals surface area contributed by atoms with Gasteiger partial charge in [0.15, 0.2) is 16.6 Å². The number of hydrogen-bond acceptors (Lipinski definition) is 3. The van der Waals surface area contributed by atoms with Crippen molar-refractivity contribution in [2.45, 2.75) is 114 Å². The van der Waals surface area contributed by atoms with Crippen LogP contribution >= 0.6 is 0 Å². The molecule has 0 N–H and O–H groups in total. The van der Waals surface area contributed by atoms with E-state index in [9.17, 15) is 0 Å². The van der Waals surface area contributed by atoms with Gasteiger partial charge in [0.25, 0.3) is 0 Å². The van der Waals surface area contributed by atoms with Crippen molar-refractivity contribution in [2.75, 3.05) is 0 Å². The summed E-state index contributed by atoms with van der Waals surface area (Å²) in [7, 11) is -3.05. The van der Waals surface area contributed by atoms with Crippen LogP contribution in [0.4, 0.5) is 0 Å². The van der Waals surface area contributed by atoms with Crippen LogP contribution in [0.15, 0.2) is 0 Å². The topological polar surface area (TPSA) is 34.3 Å². The summed E-state index contributed by atoms with van der Waals surface area (Å²) in [4.78, 5) is 0. The van der Waals surface area contributed by atoms with Gasteiger partial charge in [-0.25, -0.2) is 0 Å². The Morgan fingerprint density at radius 1 is 0.680 bits per heavy atom. The Kier molecular flexibility index (Phi) is 5.26. The molecule has 144 valence electrons. The zero-order chi connectivity index (χ0) is 17.7. The fourth-order valence-corrected chi connectivity index (χ4v) is 14.5. The maximum atomic E-state index is 6.90. The van der Waals surface area contributed by atoms with Gasteiger partial charge in [-0.05, 0) is 88.6 Å². The standard InChI is InChI=1S/C20H38O3Si2/c1-24(2,11-9-15-5-7-17-19(13-15)21-17)23-25(3,4)12-10-16-6-8-18-20(14-16)22-18/h15-20H,5-14H2,1-4H3/t15-,16+,17+,18-,19-,20-/m1/s1. The summed E-state index contributed by atoms with van der Waals surface area (Å²) in [6.07, 6.45) is 13.3. The van der Waals surface area contributed by atoms with Gasteiger partial charge >= 0.3 is 0 Å². The molecule has 4 rings (SSSR count). The minimum absolute atomic E-state index is 0.626.